The summed E-state index contributed by atoms with van der Waals surface area (Å²) in [5.74, 6) is 0.795. The van der Waals surface area contributed by atoms with Crippen molar-refractivity contribution in [2.45, 2.75) is 59.4 Å². The Morgan fingerprint density at radius 3 is 2.55 bits per heavy atom. The van der Waals surface area contributed by atoms with Crippen molar-refractivity contribution in [2.75, 3.05) is 6.54 Å². The minimum Gasteiger partial charge on any atom is -0.312 e. The molecule has 1 aromatic carbocycles. The number of hydrogen-bond acceptors (Lipinski definition) is 1. The van der Waals surface area contributed by atoms with Crippen molar-refractivity contribution in [2.24, 2.45) is 11.3 Å². The van der Waals surface area contributed by atoms with Gasteiger partial charge in [0.25, 0.3) is 0 Å². The molecule has 2 rings (SSSR count). The fraction of sp³-hybridized carbons (Fsp3) is 0.667. The van der Waals surface area contributed by atoms with Crippen molar-refractivity contribution >= 4 is 11.6 Å². The molecule has 0 unspecified atom stereocenters. The summed E-state index contributed by atoms with van der Waals surface area (Å²) < 4.78 is 0. The molecule has 1 N–H and O–H groups in total. The van der Waals surface area contributed by atoms with Crippen molar-refractivity contribution in [1.82, 2.24) is 5.32 Å². The lowest BCUT2D eigenvalue weighted by Gasteiger charge is -2.31. The first-order valence-electron chi connectivity index (χ1n) is 7.96. The van der Waals surface area contributed by atoms with Crippen molar-refractivity contribution in [1.29, 1.82) is 0 Å². The van der Waals surface area contributed by atoms with Crippen LogP contribution in [0, 0.1) is 18.3 Å². The molecule has 1 aromatic rings. The molecule has 1 saturated carbocycles. The molecule has 0 aromatic heterocycles. The van der Waals surface area contributed by atoms with E-state index < -0.39 is 0 Å². The number of nitrogens with one attached hydrogen (secondary N) is 1. The smallest absolute Gasteiger partial charge is 0.0438 e. The molecule has 2 heteroatoms. The fourth-order valence-electron chi connectivity index (χ4n) is 3.66. The van der Waals surface area contributed by atoms with Crippen LogP contribution in [0.4, 0.5) is 0 Å². The van der Waals surface area contributed by atoms with Crippen molar-refractivity contribution in [3.05, 3.63) is 34.3 Å². The number of hydrogen-bond donors (Lipinski definition) is 1. The zero-order valence-electron chi connectivity index (χ0n) is 13.1. The molecule has 0 bridgehead atoms. The van der Waals surface area contributed by atoms with Gasteiger partial charge in [0.15, 0.2) is 0 Å². The summed E-state index contributed by atoms with van der Waals surface area (Å²) in [5.41, 5.74) is 2.99. The van der Waals surface area contributed by atoms with Gasteiger partial charge < -0.3 is 5.32 Å². The Balaban J connectivity index is 1.88. The molecular weight excluding hydrogens is 266 g/mol. The highest BCUT2D eigenvalue weighted by molar-refractivity contribution is 6.31. The second kappa shape index (κ2) is 6.95. The Hall–Kier alpha value is -0.530. The second-order valence-electron chi connectivity index (χ2n) is 6.99. The summed E-state index contributed by atoms with van der Waals surface area (Å²) in [4.78, 5) is 0. The maximum absolute atomic E-state index is 6.19. The van der Waals surface area contributed by atoms with Gasteiger partial charge in [-0.15, -0.1) is 0 Å². The van der Waals surface area contributed by atoms with Crippen LogP contribution in [-0.4, -0.2) is 6.54 Å². The van der Waals surface area contributed by atoms with Crippen LogP contribution in [0.25, 0.3) is 0 Å². The van der Waals surface area contributed by atoms with E-state index >= 15 is 0 Å². The number of aryl methyl sites for hydroxylation is 1. The number of halogens is 1. The summed E-state index contributed by atoms with van der Waals surface area (Å²) in [6.07, 6.45) is 6.96. The van der Waals surface area contributed by atoms with Gasteiger partial charge in [0.05, 0.1) is 0 Å². The van der Waals surface area contributed by atoms with Gasteiger partial charge >= 0.3 is 0 Å². The van der Waals surface area contributed by atoms with Crippen LogP contribution in [0.3, 0.4) is 0 Å². The van der Waals surface area contributed by atoms with E-state index in [0.717, 1.165) is 29.6 Å². The molecule has 20 heavy (non-hydrogen) atoms. The number of benzene rings is 1. The Kier molecular flexibility index (Phi) is 5.51. The maximum Gasteiger partial charge on any atom is 0.0438 e. The molecule has 0 atom stereocenters. The SMILES string of the molecule is Cc1ccc(CNCC2(CC(C)C)CCCC2)cc1Cl. The van der Waals surface area contributed by atoms with Crippen LogP contribution in [0.5, 0.6) is 0 Å². The number of rotatable bonds is 6. The topological polar surface area (TPSA) is 12.0 Å². The lowest BCUT2D eigenvalue weighted by molar-refractivity contribution is 0.223. The van der Waals surface area contributed by atoms with Crippen LogP contribution < -0.4 is 5.32 Å². The standard InChI is InChI=1S/C18H28ClN/c1-14(2)11-18(8-4-5-9-18)13-20-12-16-7-6-15(3)17(19)10-16/h6-7,10,14,20H,4-5,8-9,11-13H2,1-3H3. The Bertz CT molecular complexity index is 433. The lowest BCUT2D eigenvalue weighted by Crippen LogP contribution is -2.33. The van der Waals surface area contributed by atoms with E-state index in [9.17, 15) is 0 Å². The van der Waals surface area contributed by atoms with Crippen LogP contribution in [0.2, 0.25) is 5.02 Å². The van der Waals surface area contributed by atoms with Crippen molar-refractivity contribution in [3.63, 3.8) is 0 Å². The summed E-state index contributed by atoms with van der Waals surface area (Å²) in [5, 5.41) is 4.55. The quantitative estimate of drug-likeness (QED) is 0.746. The molecule has 1 aliphatic rings. The van der Waals surface area contributed by atoms with E-state index in [1.165, 1.54) is 37.7 Å². The summed E-state index contributed by atoms with van der Waals surface area (Å²) >= 11 is 6.19. The third kappa shape index (κ3) is 4.23. The predicted molar refractivity (Wildman–Crippen MR) is 88.3 cm³/mol. The zero-order valence-corrected chi connectivity index (χ0v) is 13.9. The summed E-state index contributed by atoms with van der Waals surface area (Å²) in [7, 11) is 0. The second-order valence-corrected chi connectivity index (χ2v) is 7.40. The molecule has 0 saturated heterocycles. The van der Waals surface area contributed by atoms with E-state index in [1.807, 2.05) is 0 Å². The minimum atomic E-state index is 0.544. The Morgan fingerprint density at radius 1 is 1.25 bits per heavy atom. The van der Waals surface area contributed by atoms with E-state index in [1.54, 1.807) is 0 Å². The average molecular weight is 294 g/mol. The fourth-order valence-corrected chi connectivity index (χ4v) is 3.87. The van der Waals surface area contributed by atoms with Gasteiger partial charge in [-0.1, -0.05) is 50.4 Å². The molecule has 0 spiro atoms. The van der Waals surface area contributed by atoms with E-state index in [0.29, 0.717) is 5.41 Å². The van der Waals surface area contributed by atoms with Crippen LogP contribution in [0.1, 0.15) is 57.1 Å². The summed E-state index contributed by atoms with van der Waals surface area (Å²) in [6, 6.07) is 6.38. The first-order valence-corrected chi connectivity index (χ1v) is 8.34. The molecule has 0 amide bonds. The third-order valence-electron chi connectivity index (χ3n) is 4.57. The Labute approximate surface area is 129 Å². The van der Waals surface area contributed by atoms with E-state index in [-0.39, 0.29) is 0 Å². The molecule has 1 nitrogen and oxygen atoms in total. The molecular formula is C18H28ClN. The van der Waals surface area contributed by atoms with Gasteiger partial charge in [-0.2, -0.15) is 0 Å². The largest absolute Gasteiger partial charge is 0.312 e. The van der Waals surface area contributed by atoms with Gasteiger partial charge in [0.1, 0.15) is 0 Å². The van der Waals surface area contributed by atoms with Gasteiger partial charge in [-0.05, 0) is 54.7 Å². The van der Waals surface area contributed by atoms with Gasteiger partial charge in [0.2, 0.25) is 0 Å². The molecule has 1 fully saturated rings. The predicted octanol–water partition coefficient (Wildman–Crippen LogP) is 5.34. The third-order valence-corrected chi connectivity index (χ3v) is 4.98. The molecule has 112 valence electrons. The Morgan fingerprint density at radius 2 is 1.95 bits per heavy atom. The highest BCUT2D eigenvalue weighted by Gasteiger charge is 2.33. The molecule has 0 aliphatic heterocycles. The highest BCUT2D eigenvalue weighted by atomic mass is 35.5. The van der Waals surface area contributed by atoms with Gasteiger partial charge in [0, 0.05) is 18.1 Å². The van der Waals surface area contributed by atoms with E-state index in [2.05, 4.69) is 44.3 Å². The van der Waals surface area contributed by atoms with E-state index in [4.69, 9.17) is 11.6 Å². The van der Waals surface area contributed by atoms with Crippen molar-refractivity contribution < 1.29 is 0 Å². The maximum atomic E-state index is 6.19. The van der Waals surface area contributed by atoms with Crippen LogP contribution in [-0.2, 0) is 6.54 Å². The highest BCUT2D eigenvalue weighted by Crippen LogP contribution is 2.42. The van der Waals surface area contributed by atoms with Crippen LogP contribution in [0.15, 0.2) is 18.2 Å². The normalized spacial score (nSPS) is 17.9. The van der Waals surface area contributed by atoms with Gasteiger partial charge in [-0.3, -0.25) is 0 Å². The van der Waals surface area contributed by atoms with Crippen molar-refractivity contribution in [3.8, 4) is 0 Å². The van der Waals surface area contributed by atoms with Crippen LogP contribution >= 0.6 is 11.6 Å². The summed E-state index contributed by atoms with van der Waals surface area (Å²) in [6.45, 7) is 8.83. The zero-order chi connectivity index (χ0) is 14.6. The monoisotopic (exact) mass is 293 g/mol. The first kappa shape index (κ1) is 15.9. The molecule has 0 heterocycles. The minimum absolute atomic E-state index is 0.544. The molecule has 0 radical (unpaired) electrons. The van der Waals surface area contributed by atoms with Gasteiger partial charge in [-0.25, -0.2) is 0 Å². The average Bonchev–Trinajstić information content (AvgIpc) is 2.81. The lowest BCUT2D eigenvalue weighted by atomic mass is 9.78. The molecule has 1 aliphatic carbocycles. The first-order chi connectivity index (χ1) is 9.51.